The molecular weight excluding hydrogens is 356 g/mol. The molecule has 0 saturated carbocycles. The lowest BCUT2D eigenvalue weighted by molar-refractivity contribution is 0.0951. The van der Waals surface area contributed by atoms with Gasteiger partial charge in [0.25, 0.3) is 5.91 Å². The Bertz CT molecular complexity index is 915. The summed E-state index contributed by atoms with van der Waals surface area (Å²) in [5, 5.41) is 2.84. The summed E-state index contributed by atoms with van der Waals surface area (Å²) < 4.78 is 10.7. The van der Waals surface area contributed by atoms with Gasteiger partial charge in [0.1, 0.15) is 18.2 Å². The molecular formula is C21H22N4O3. The maximum Gasteiger partial charge on any atom is 0.255 e. The molecule has 0 aliphatic rings. The zero-order chi connectivity index (χ0) is 19.8. The van der Waals surface area contributed by atoms with E-state index in [-0.39, 0.29) is 11.7 Å². The van der Waals surface area contributed by atoms with Crippen LogP contribution in [0.4, 0.5) is 5.82 Å². The third-order valence-corrected chi connectivity index (χ3v) is 4.01. The van der Waals surface area contributed by atoms with Crippen LogP contribution in [0.1, 0.15) is 27.3 Å². The molecule has 0 unspecified atom stereocenters. The summed E-state index contributed by atoms with van der Waals surface area (Å²) >= 11 is 0. The van der Waals surface area contributed by atoms with Crippen LogP contribution < -0.4 is 15.8 Å². The van der Waals surface area contributed by atoms with Gasteiger partial charge in [-0.15, -0.1) is 0 Å². The van der Waals surface area contributed by atoms with Crippen LogP contribution >= 0.6 is 0 Å². The number of hydrogen-bond acceptors (Lipinski definition) is 6. The van der Waals surface area contributed by atoms with Gasteiger partial charge in [0.15, 0.2) is 0 Å². The van der Waals surface area contributed by atoms with Crippen molar-refractivity contribution in [1.82, 2.24) is 15.3 Å². The second-order valence-electron chi connectivity index (χ2n) is 6.10. The first kappa shape index (κ1) is 19.3. The molecule has 28 heavy (non-hydrogen) atoms. The van der Waals surface area contributed by atoms with E-state index >= 15 is 0 Å². The van der Waals surface area contributed by atoms with Crippen LogP contribution in [0.15, 0.2) is 60.8 Å². The Morgan fingerprint density at radius 3 is 2.54 bits per heavy atom. The Morgan fingerprint density at radius 2 is 1.86 bits per heavy atom. The minimum atomic E-state index is -0.274. The van der Waals surface area contributed by atoms with Crippen molar-refractivity contribution in [2.24, 2.45) is 0 Å². The van der Waals surface area contributed by atoms with E-state index in [0.717, 1.165) is 17.0 Å². The molecule has 0 saturated heterocycles. The summed E-state index contributed by atoms with van der Waals surface area (Å²) in [6.45, 7) is 1.13. The summed E-state index contributed by atoms with van der Waals surface area (Å²) in [7, 11) is 1.58. The zero-order valence-electron chi connectivity index (χ0n) is 15.6. The number of carbonyl (C=O) groups is 1. The Morgan fingerprint density at radius 1 is 1.04 bits per heavy atom. The third-order valence-electron chi connectivity index (χ3n) is 4.01. The molecule has 2 aromatic heterocycles. The largest absolute Gasteiger partial charge is 0.487 e. The first-order valence-electron chi connectivity index (χ1n) is 8.80. The molecule has 7 nitrogen and oxygen atoms in total. The summed E-state index contributed by atoms with van der Waals surface area (Å²) in [5.74, 6) is 0.651. The minimum absolute atomic E-state index is 0.185. The number of ether oxygens (including phenoxy) is 2. The number of carbonyl (C=O) groups excluding carboxylic acids is 1. The van der Waals surface area contributed by atoms with Crippen molar-refractivity contribution in [1.29, 1.82) is 0 Å². The number of pyridine rings is 2. The summed E-state index contributed by atoms with van der Waals surface area (Å²) in [5.41, 5.74) is 8.70. The molecule has 1 amide bonds. The molecule has 0 atom stereocenters. The second-order valence-corrected chi connectivity index (χ2v) is 6.10. The van der Waals surface area contributed by atoms with E-state index in [1.165, 1.54) is 0 Å². The fourth-order valence-electron chi connectivity index (χ4n) is 2.56. The van der Waals surface area contributed by atoms with Crippen molar-refractivity contribution in [3.63, 3.8) is 0 Å². The van der Waals surface area contributed by atoms with Crippen LogP contribution in [0.25, 0.3) is 0 Å². The molecule has 0 bridgehead atoms. The van der Waals surface area contributed by atoms with Crippen LogP contribution in [0.2, 0.25) is 0 Å². The van der Waals surface area contributed by atoms with Gasteiger partial charge in [-0.3, -0.25) is 9.78 Å². The van der Waals surface area contributed by atoms with Gasteiger partial charge in [-0.2, -0.15) is 0 Å². The van der Waals surface area contributed by atoms with E-state index in [4.69, 9.17) is 15.2 Å². The monoisotopic (exact) mass is 378 g/mol. The highest BCUT2D eigenvalue weighted by molar-refractivity contribution is 5.98. The van der Waals surface area contributed by atoms with E-state index in [9.17, 15) is 4.79 Å². The lowest BCUT2D eigenvalue weighted by Gasteiger charge is -2.10. The second kappa shape index (κ2) is 9.48. The number of hydrogen-bond donors (Lipinski definition) is 2. The van der Waals surface area contributed by atoms with E-state index in [1.54, 1.807) is 25.4 Å². The quantitative estimate of drug-likeness (QED) is 0.625. The van der Waals surface area contributed by atoms with Crippen LogP contribution in [0, 0.1) is 0 Å². The normalized spacial score (nSPS) is 10.5. The number of nitrogens with one attached hydrogen (secondary N) is 1. The molecule has 0 fully saturated rings. The Labute approximate surface area is 163 Å². The van der Waals surface area contributed by atoms with Gasteiger partial charge in [-0.25, -0.2) is 4.98 Å². The van der Waals surface area contributed by atoms with Crippen molar-refractivity contribution in [3.8, 4) is 5.75 Å². The number of rotatable bonds is 8. The summed E-state index contributed by atoms with van der Waals surface area (Å²) in [6.07, 6.45) is 1.73. The van der Waals surface area contributed by atoms with Crippen LogP contribution in [-0.2, 0) is 24.5 Å². The molecule has 3 rings (SSSR count). The summed E-state index contributed by atoms with van der Waals surface area (Å²) in [6, 6.07) is 16.6. The highest BCUT2D eigenvalue weighted by Crippen LogP contribution is 2.15. The first-order chi connectivity index (χ1) is 13.7. The van der Waals surface area contributed by atoms with Gasteiger partial charge in [0.2, 0.25) is 0 Å². The number of benzene rings is 1. The lowest BCUT2D eigenvalue weighted by Crippen LogP contribution is -2.24. The smallest absolute Gasteiger partial charge is 0.255 e. The highest BCUT2D eigenvalue weighted by Gasteiger charge is 2.11. The maximum atomic E-state index is 12.3. The number of nitrogen functional groups attached to an aromatic ring is 1. The minimum Gasteiger partial charge on any atom is -0.487 e. The Hall–Kier alpha value is -3.45. The molecule has 0 aliphatic carbocycles. The van der Waals surface area contributed by atoms with E-state index in [2.05, 4.69) is 15.3 Å². The molecule has 3 N–H and O–H groups in total. The van der Waals surface area contributed by atoms with Gasteiger partial charge in [-0.1, -0.05) is 18.2 Å². The average molecular weight is 378 g/mol. The Kier molecular flexibility index (Phi) is 6.54. The predicted molar refractivity (Wildman–Crippen MR) is 106 cm³/mol. The van der Waals surface area contributed by atoms with Crippen molar-refractivity contribution in [3.05, 3.63) is 83.3 Å². The molecule has 0 radical (unpaired) electrons. The molecule has 2 heterocycles. The molecule has 0 aliphatic heterocycles. The van der Waals surface area contributed by atoms with Gasteiger partial charge >= 0.3 is 0 Å². The number of nitrogens with zero attached hydrogens (tertiary/aromatic N) is 2. The molecule has 0 spiro atoms. The van der Waals surface area contributed by atoms with Crippen molar-refractivity contribution in [2.45, 2.75) is 19.8 Å². The number of methoxy groups -OCH3 is 1. The topological polar surface area (TPSA) is 99.4 Å². The zero-order valence-corrected chi connectivity index (χ0v) is 15.6. The fraction of sp³-hybridized carbons (Fsp3) is 0.190. The Balaban J connectivity index is 1.52. The van der Waals surface area contributed by atoms with Gasteiger partial charge in [-0.05, 0) is 42.0 Å². The molecule has 3 aromatic rings. The van der Waals surface area contributed by atoms with E-state index < -0.39 is 0 Å². The van der Waals surface area contributed by atoms with Crippen molar-refractivity contribution in [2.75, 3.05) is 12.8 Å². The van der Waals surface area contributed by atoms with Crippen molar-refractivity contribution < 1.29 is 14.3 Å². The van der Waals surface area contributed by atoms with Crippen LogP contribution in [0.3, 0.4) is 0 Å². The third kappa shape index (κ3) is 5.28. The standard InChI is InChI=1S/C21H22N4O3/c1-27-13-17-7-10-19(20(22)25-17)21(26)24-12-15-5-8-18(9-6-15)28-14-16-4-2-3-11-23-16/h2-11H,12-14H2,1H3,(H2,22,25)(H,24,26). The SMILES string of the molecule is COCc1ccc(C(=O)NCc2ccc(OCc3ccccn3)cc2)c(N)n1. The van der Waals surface area contributed by atoms with Crippen LogP contribution in [0.5, 0.6) is 5.75 Å². The molecule has 144 valence electrons. The highest BCUT2D eigenvalue weighted by atomic mass is 16.5. The maximum absolute atomic E-state index is 12.3. The number of nitrogens with two attached hydrogens (primary N) is 1. The lowest BCUT2D eigenvalue weighted by atomic mass is 10.2. The number of amides is 1. The van der Waals surface area contributed by atoms with Crippen LogP contribution in [-0.4, -0.2) is 23.0 Å². The van der Waals surface area contributed by atoms with E-state index in [1.807, 2.05) is 42.5 Å². The van der Waals surface area contributed by atoms with Gasteiger partial charge < -0.3 is 20.5 Å². The molecule has 7 heteroatoms. The summed E-state index contributed by atoms with van der Waals surface area (Å²) in [4.78, 5) is 20.7. The molecule has 1 aromatic carbocycles. The number of aromatic nitrogens is 2. The van der Waals surface area contributed by atoms with Crippen molar-refractivity contribution >= 4 is 11.7 Å². The fourth-order valence-corrected chi connectivity index (χ4v) is 2.56. The van der Waals surface area contributed by atoms with E-state index in [0.29, 0.717) is 31.0 Å². The van der Waals surface area contributed by atoms with Gasteiger partial charge in [0.05, 0.1) is 23.6 Å². The number of anilines is 1. The predicted octanol–water partition coefficient (Wildman–Crippen LogP) is 2.71. The average Bonchev–Trinajstić information content (AvgIpc) is 2.72. The first-order valence-corrected chi connectivity index (χ1v) is 8.80. The van der Waals surface area contributed by atoms with Gasteiger partial charge in [0, 0.05) is 19.9 Å².